The number of carbonyl (C=O) groups is 2. The number of aryl methyl sites for hydroxylation is 2. The van der Waals surface area contributed by atoms with Crippen LogP contribution in [0.15, 0.2) is 30.3 Å². The van der Waals surface area contributed by atoms with Crippen molar-refractivity contribution < 1.29 is 24.5 Å². The van der Waals surface area contributed by atoms with Crippen molar-refractivity contribution >= 4 is 58.0 Å². The van der Waals surface area contributed by atoms with Gasteiger partial charge in [0.15, 0.2) is 0 Å². The third-order valence-electron chi connectivity index (χ3n) is 7.07. The number of aliphatic hydroxyl groups excluding tert-OH is 2. The molecule has 3 atom stereocenters. The van der Waals surface area contributed by atoms with E-state index >= 15 is 0 Å². The van der Waals surface area contributed by atoms with Gasteiger partial charge in [0.1, 0.15) is 11.5 Å². The number of hydrogen-bond donors (Lipinski definition) is 2. The maximum atomic E-state index is 12.4. The van der Waals surface area contributed by atoms with Gasteiger partial charge in [-0.25, -0.2) is 4.79 Å². The third kappa shape index (κ3) is 9.68. The van der Waals surface area contributed by atoms with E-state index in [4.69, 9.17) is 49.8 Å². The molecule has 0 bridgehead atoms. The smallest absolute Gasteiger partial charge is 0.348 e. The Labute approximate surface area is 243 Å². The largest absolute Gasteiger partial charge is 0.461 e. The molecule has 210 valence electrons. The second-order valence-electron chi connectivity index (χ2n) is 9.71. The molecule has 1 fully saturated rings. The molecular formula is C28H36Cl3NO5S. The number of thiophene rings is 1. The summed E-state index contributed by atoms with van der Waals surface area (Å²) >= 11 is 20.4. The van der Waals surface area contributed by atoms with E-state index in [2.05, 4.69) is 0 Å². The number of ether oxygens (including phenoxy) is 1. The minimum atomic E-state index is -0.442. The number of carbonyl (C=O) groups excluding carboxylic acids is 2. The summed E-state index contributed by atoms with van der Waals surface area (Å²) in [6, 6.07) is 9.45. The predicted octanol–water partition coefficient (Wildman–Crippen LogP) is 6.00. The number of amides is 1. The van der Waals surface area contributed by atoms with Crippen LogP contribution >= 0.6 is 46.1 Å². The van der Waals surface area contributed by atoms with Crippen molar-refractivity contribution in [2.75, 3.05) is 32.9 Å². The lowest BCUT2D eigenvalue weighted by atomic mass is 9.86. The van der Waals surface area contributed by atoms with Crippen LogP contribution in [0.3, 0.4) is 0 Å². The third-order valence-corrected chi connectivity index (χ3v) is 9.18. The van der Waals surface area contributed by atoms with Crippen LogP contribution in [0.25, 0.3) is 0 Å². The van der Waals surface area contributed by atoms with Gasteiger partial charge in [0.2, 0.25) is 5.91 Å². The number of nitrogens with zero attached hydrogens (tertiary/aromatic N) is 1. The summed E-state index contributed by atoms with van der Waals surface area (Å²) in [6.07, 6.45) is 7.13. The first kappa shape index (κ1) is 31.2. The van der Waals surface area contributed by atoms with Gasteiger partial charge in [0.25, 0.3) is 0 Å². The first-order valence-electron chi connectivity index (χ1n) is 13.1. The molecule has 1 saturated carbocycles. The Morgan fingerprint density at radius 2 is 1.71 bits per heavy atom. The fourth-order valence-corrected chi connectivity index (χ4v) is 7.15. The minimum absolute atomic E-state index is 0.0104. The normalized spacial score (nSPS) is 19.0. The van der Waals surface area contributed by atoms with E-state index < -0.39 is 5.97 Å². The summed E-state index contributed by atoms with van der Waals surface area (Å²) in [6.45, 7) is -0.127. The molecule has 1 aromatic heterocycles. The zero-order chi connectivity index (χ0) is 27.5. The maximum Gasteiger partial charge on any atom is 0.348 e. The Morgan fingerprint density at radius 3 is 2.39 bits per heavy atom. The Morgan fingerprint density at radius 1 is 1.00 bits per heavy atom. The van der Waals surface area contributed by atoms with Crippen LogP contribution in [0.2, 0.25) is 10.0 Å². The van der Waals surface area contributed by atoms with Gasteiger partial charge in [-0.2, -0.15) is 0 Å². The quantitative estimate of drug-likeness (QED) is 0.192. The van der Waals surface area contributed by atoms with Crippen molar-refractivity contribution in [1.29, 1.82) is 0 Å². The average Bonchev–Trinajstić information content (AvgIpc) is 3.49. The summed E-state index contributed by atoms with van der Waals surface area (Å²) in [5, 5.41) is 19.6. The molecular weight excluding hydrogens is 569 g/mol. The molecule has 10 heteroatoms. The number of alkyl halides is 1. The molecule has 0 radical (unpaired) electrons. The van der Waals surface area contributed by atoms with Gasteiger partial charge >= 0.3 is 5.97 Å². The van der Waals surface area contributed by atoms with E-state index in [9.17, 15) is 9.59 Å². The van der Waals surface area contributed by atoms with Gasteiger partial charge in [-0.3, -0.25) is 4.79 Å². The summed E-state index contributed by atoms with van der Waals surface area (Å²) in [7, 11) is 0. The number of rotatable bonds is 15. The predicted molar refractivity (Wildman–Crippen MR) is 154 cm³/mol. The zero-order valence-corrected chi connectivity index (χ0v) is 24.5. The lowest BCUT2D eigenvalue weighted by Gasteiger charge is -2.22. The molecule has 2 N–H and O–H groups in total. The summed E-state index contributed by atoms with van der Waals surface area (Å²) in [5.41, 5.74) is 1.16. The van der Waals surface area contributed by atoms with Crippen LogP contribution in [0.1, 0.15) is 58.6 Å². The Hall–Kier alpha value is -1.35. The van der Waals surface area contributed by atoms with Crippen molar-refractivity contribution in [3.8, 4) is 0 Å². The van der Waals surface area contributed by atoms with Crippen molar-refractivity contribution in [2.45, 2.75) is 56.7 Å². The summed E-state index contributed by atoms with van der Waals surface area (Å²) in [5.74, 6) is 0.344. The molecule has 3 rings (SSSR count). The topological polar surface area (TPSA) is 87.1 Å². The second kappa shape index (κ2) is 16.0. The summed E-state index contributed by atoms with van der Waals surface area (Å²) in [4.78, 5) is 27.6. The molecule has 0 unspecified atom stereocenters. The highest BCUT2D eigenvalue weighted by Gasteiger charge is 2.34. The van der Waals surface area contributed by atoms with E-state index in [1.807, 2.05) is 18.2 Å². The fraction of sp³-hybridized carbons (Fsp3) is 0.571. The first-order chi connectivity index (χ1) is 18.3. The van der Waals surface area contributed by atoms with Crippen LogP contribution in [0.4, 0.5) is 0 Å². The van der Waals surface area contributed by atoms with Crippen LogP contribution in [-0.4, -0.2) is 65.3 Å². The molecule has 6 nitrogen and oxygen atoms in total. The van der Waals surface area contributed by atoms with Crippen molar-refractivity contribution in [3.05, 3.63) is 55.7 Å². The monoisotopic (exact) mass is 603 g/mol. The molecule has 2 aromatic rings. The molecule has 1 aliphatic rings. The van der Waals surface area contributed by atoms with Crippen LogP contribution < -0.4 is 0 Å². The number of esters is 1. The minimum Gasteiger partial charge on any atom is -0.461 e. The van der Waals surface area contributed by atoms with E-state index in [-0.39, 0.29) is 50.6 Å². The summed E-state index contributed by atoms with van der Waals surface area (Å²) < 4.78 is 5.28. The number of hydrogen-bond acceptors (Lipinski definition) is 6. The van der Waals surface area contributed by atoms with E-state index in [0.717, 1.165) is 55.4 Å². The Kier molecular flexibility index (Phi) is 13.2. The lowest BCUT2D eigenvalue weighted by Crippen LogP contribution is -2.36. The number of aliphatic hydroxyl groups is 2. The molecule has 0 spiro atoms. The van der Waals surface area contributed by atoms with Crippen LogP contribution in [0.5, 0.6) is 0 Å². The van der Waals surface area contributed by atoms with Crippen molar-refractivity contribution in [2.24, 2.45) is 11.8 Å². The van der Waals surface area contributed by atoms with Gasteiger partial charge in [0, 0.05) is 33.4 Å². The highest BCUT2D eigenvalue weighted by Crippen LogP contribution is 2.41. The Bertz CT molecular complexity index is 1020. The van der Waals surface area contributed by atoms with Crippen LogP contribution in [-0.2, 0) is 22.4 Å². The van der Waals surface area contributed by atoms with E-state index in [1.54, 1.807) is 12.1 Å². The van der Waals surface area contributed by atoms with Gasteiger partial charge in [0.05, 0.1) is 19.6 Å². The maximum absolute atomic E-state index is 12.4. The SMILES string of the molecule is O=C(OCCC(=O)N(CCO)CCO)c1ccc(CCC[C@@H]2[C@@H](CCc3cc(Cl)cc(Cl)c3)CC[C@H]2Cl)s1. The fourth-order valence-electron chi connectivity index (χ4n) is 5.18. The molecule has 1 amide bonds. The molecule has 0 aliphatic heterocycles. The van der Waals surface area contributed by atoms with Gasteiger partial charge in [-0.05, 0) is 92.7 Å². The Balaban J connectivity index is 1.41. The highest BCUT2D eigenvalue weighted by molar-refractivity contribution is 7.13. The van der Waals surface area contributed by atoms with Crippen molar-refractivity contribution in [3.63, 3.8) is 0 Å². The molecule has 1 heterocycles. The van der Waals surface area contributed by atoms with Gasteiger partial charge < -0.3 is 19.8 Å². The molecule has 0 saturated heterocycles. The number of halogens is 3. The van der Waals surface area contributed by atoms with Crippen LogP contribution in [0, 0.1) is 11.8 Å². The average molecular weight is 605 g/mol. The molecule has 1 aromatic carbocycles. The van der Waals surface area contributed by atoms with Crippen molar-refractivity contribution in [1.82, 2.24) is 4.90 Å². The number of benzene rings is 1. The van der Waals surface area contributed by atoms with Gasteiger partial charge in [-0.1, -0.05) is 23.2 Å². The van der Waals surface area contributed by atoms with E-state index in [1.165, 1.54) is 16.2 Å². The zero-order valence-electron chi connectivity index (χ0n) is 21.4. The standard InChI is InChI=1S/C28H36Cl3NO5S/c29-21-16-19(17-22(30)18-21)4-5-20-6-8-25(31)24(20)3-1-2-23-7-9-26(38-23)28(36)37-15-10-27(35)32(11-13-33)12-14-34/h7,9,16-18,20,24-25,33-34H,1-6,8,10-15H2/t20-,24+,25+/m0/s1. The van der Waals surface area contributed by atoms with Gasteiger partial charge in [-0.15, -0.1) is 22.9 Å². The first-order valence-corrected chi connectivity index (χ1v) is 15.2. The second-order valence-corrected chi connectivity index (χ2v) is 12.3. The highest BCUT2D eigenvalue weighted by atomic mass is 35.5. The molecule has 1 aliphatic carbocycles. The van der Waals surface area contributed by atoms with E-state index in [0.29, 0.717) is 26.8 Å². The lowest BCUT2D eigenvalue weighted by molar-refractivity contribution is -0.132. The molecule has 38 heavy (non-hydrogen) atoms.